The first-order valence-corrected chi connectivity index (χ1v) is 9.77. The molecule has 0 aromatic heterocycles. The molecule has 0 aliphatic carbocycles. The number of carbonyl (C=O) groups is 3. The van der Waals surface area contributed by atoms with E-state index in [2.05, 4.69) is 42.8 Å². The molecule has 1 fully saturated rings. The van der Waals surface area contributed by atoms with E-state index in [-0.39, 0.29) is 18.4 Å². The molecule has 1 saturated heterocycles. The minimum Gasteiger partial charge on any atom is -0.467 e. The van der Waals surface area contributed by atoms with Crippen molar-refractivity contribution in [3.05, 3.63) is 0 Å². The summed E-state index contributed by atoms with van der Waals surface area (Å²) in [4.78, 5) is 36.8. The first-order chi connectivity index (χ1) is 12.6. The van der Waals surface area contributed by atoms with Crippen molar-refractivity contribution in [3.8, 4) is 0 Å². The lowest BCUT2D eigenvalue weighted by atomic mass is 10.0. The molecule has 1 aliphatic heterocycles. The van der Waals surface area contributed by atoms with Crippen LogP contribution in [0.25, 0.3) is 0 Å². The number of amides is 2. The van der Waals surface area contributed by atoms with Gasteiger partial charge in [-0.3, -0.25) is 9.59 Å². The van der Waals surface area contributed by atoms with Crippen molar-refractivity contribution < 1.29 is 19.1 Å². The molecule has 0 aromatic carbocycles. The molecule has 7 nitrogen and oxygen atoms in total. The highest BCUT2D eigenvalue weighted by Crippen LogP contribution is 2.10. The van der Waals surface area contributed by atoms with Crippen LogP contribution in [0.4, 0.5) is 0 Å². The number of ether oxygens (including phenoxy) is 1. The van der Waals surface area contributed by atoms with E-state index in [4.69, 9.17) is 0 Å². The van der Waals surface area contributed by atoms with Crippen LogP contribution < -0.4 is 5.32 Å². The van der Waals surface area contributed by atoms with Gasteiger partial charge in [0, 0.05) is 7.05 Å². The smallest absolute Gasteiger partial charge is 0.328 e. The molecule has 0 radical (unpaired) electrons. The number of hydrogen-bond donors (Lipinski definition) is 1. The van der Waals surface area contributed by atoms with E-state index < -0.39 is 12.0 Å². The third-order valence-electron chi connectivity index (χ3n) is 3.80. The standard InChI is InChI=1S/C10H18N2O4.C6H13N.C4H10/c1-7(2)9(10(15)16-4)12(3)8(14)5-11-6-13;1-7-5-3-2-4-6-7;1-4(2)3/h6-7,9H,5H2,1-4H3,(H,11,13);2-6H2,1H3;4H,1-3H3/t9-;;/m0../s1. The van der Waals surface area contributed by atoms with Crippen LogP contribution in [0.2, 0.25) is 0 Å². The van der Waals surface area contributed by atoms with Crippen molar-refractivity contribution in [1.82, 2.24) is 15.1 Å². The molecule has 0 unspecified atom stereocenters. The van der Waals surface area contributed by atoms with Gasteiger partial charge in [0.2, 0.25) is 12.3 Å². The summed E-state index contributed by atoms with van der Waals surface area (Å²) in [6, 6.07) is -0.633. The first-order valence-electron chi connectivity index (χ1n) is 9.77. The molecule has 1 N–H and O–H groups in total. The Labute approximate surface area is 165 Å². The fraction of sp³-hybridized carbons (Fsp3) is 0.850. The third kappa shape index (κ3) is 15.2. The molecule has 7 heteroatoms. The van der Waals surface area contributed by atoms with Gasteiger partial charge in [-0.15, -0.1) is 0 Å². The number of likely N-dealkylation sites (tertiary alicyclic amines) is 1. The topological polar surface area (TPSA) is 79.0 Å². The van der Waals surface area contributed by atoms with Crippen LogP contribution in [0.1, 0.15) is 53.9 Å². The summed E-state index contributed by atoms with van der Waals surface area (Å²) in [6.45, 7) is 12.7. The quantitative estimate of drug-likeness (QED) is 0.558. The Morgan fingerprint density at radius 1 is 1.11 bits per heavy atom. The van der Waals surface area contributed by atoms with Gasteiger partial charge >= 0.3 is 5.97 Å². The number of esters is 1. The second-order valence-electron chi connectivity index (χ2n) is 7.81. The molecule has 1 heterocycles. The maximum atomic E-state index is 11.6. The number of nitrogens with zero attached hydrogens (tertiary/aromatic N) is 2. The Balaban J connectivity index is 0. The average molecular weight is 388 g/mol. The van der Waals surface area contributed by atoms with Gasteiger partial charge in [-0.1, -0.05) is 41.0 Å². The van der Waals surface area contributed by atoms with E-state index in [1.54, 1.807) is 0 Å². The predicted molar refractivity (Wildman–Crippen MR) is 109 cm³/mol. The Morgan fingerprint density at radius 2 is 1.59 bits per heavy atom. The minimum atomic E-state index is -0.633. The zero-order valence-corrected chi connectivity index (χ0v) is 18.6. The molecule has 2 amide bonds. The normalized spacial score (nSPS) is 14.9. The maximum Gasteiger partial charge on any atom is 0.328 e. The summed E-state index contributed by atoms with van der Waals surface area (Å²) < 4.78 is 4.63. The number of methoxy groups -OCH3 is 1. The van der Waals surface area contributed by atoms with Crippen LogP contribution in [0.5, 0.6) is 0 Å². The predicted octanol–water partition coefficient (Wildman–Crippen LogP) is 2.15. The molecule has 0 aromatic rings. The molecule has 0 spiro atoms. The highest BCUT2D eigenvalue weighted by Gasteiger charge is 2.30. The fourth-order valence-electron chi connectivity index (χ4n) is 2.46. The summed E-state index contributed by atoms with van der Waals surface area (Å²) in [5, 5.41) is 2.26. The number of hydrogen-bond acceptors (Lipinski definition) is 5. The van der Waals surface area contributed by atoms with E-state index in [0.717, 1.165) is 5.92 Å². The molecule has 0 bridgehead atoms. The largest absolute Gasteiger partial charge is 0.467 e. The first kappa shape index (κ1) is 27.6. The van der Waals surface area contributed by atoms with Crippen LogP contribution >= 0.6 is 0 Å². The molecule has 27 heavy (non-hydrogen) atoms. The van der Waals surface area contributed by atoms with Crippen molar-refractivity contribution in [2.45, 2.75) is 59.9 Å². The van der Waals surface area contributed by atoms with Crippen molar-refractivity contribution in [2.24, 2.45) is 11.8 Å². The van der Waals surface area contributed by atoms with E-state index in [0.29, 0.717) is 6.41 Å². The average Bonchev–Trinajstić information content (AvgIpc) is 2.59. The monoisotopic (exact) mass is 387 g/mol. The van der Waals surface area contributed by atoms with Crippen molar-refractivity contribution in [2.75, 3.05) is 40.8 Å². The van der Waals surface area contributed by atoms with Gasteiger partial charge in [0.1, 0.15) is 6.04 Å². The van der Waals surface area contributed by atoms with E-state index in [1.807, 2.05) is 13.8 Å². The van der Waals surface area contributed by atoms with Crippen LogP contribution in [0.3, 0.4) is 0 Å². The second-order valence-corrected chi connectivity index (χ2v) is 7.81. The molecular formula is C20H41N3O4. The number of likely N-dealkylation sites (N-methyl/N-ethyl adjacent to an activating group) is 1. The van der Waals surface area contributed by atoms with Gasteiger partial charge in [0.25, 0.3) is 0 Å². The number of rotatable bonds is 6. The lowest BCUT2D eigenvalue weighted by Gasteiger charge is -2.28. The van der Waals surface area contributed by atoms with Gasteiger partial charge in [-0.2, -0.15) is 0 Å². The molecule has 1 aliphatic rings. The van der Waals surface area contributed by atoms with Crippen LogP contribution in [-0.2, 0) is 19.1 Å². The minimum absolute atomic E-state index is 0.0577. The highest BCUT2D eigenvalue weighted by molar-refractivity contribution is 5.86. The number of carbonyl (C=O) groups excluding carboxylic acids is 3. The number of nitrogens with one attached hydrogen (secondary N) is 1. The summed E-state index contributed by atoms with van der Waals surface area (Å²) in [5.74, 6) is -0.0224. The molecule has 0 saturated carbocycles. The SMILES string of the molecule is CC(C)C.CN1CCCCC1.COC(=O)[C@H](C(C)C)N(C)C(=O)CNC=O. The lowest BCUT2D eigenvalue weighted by Crippen LogP contribution is -2.48. The Morgan fingerprint density at radius 3 is 1.89 bits per heavy atom. The highest BCUT2D eigenvalue weighted by atomic mass is 16.5. The van der Waals surface area contributed by atoms with Gasteiger partial charge in [0.05, 0.1) is 13.7 Å². The zero-order chi connectivity index (χ0) is 21.4. The van der Waals surface area contributed by atoms with Gasteiger partial charge < -0.3 is 19.9 Å². The molecule has 1 rings (SSSR count). The van der Waals surface area contributed by atoms with Crippen LogP contribution in [0.15, 0.2) is 0 Å². The van der Waals surface area contributed by atoms with Gasteiger partial charge in [-0.05, 0) is 44.8 Å². The van der Waals surface area contributed by atoms with Crippen molar-refractivity contribution in [3.63, 3.8) is 0 Å². The van der Waals surface area contributed by atoms with Crippen LogP contribution in [0, 0.1) is 11.8 Å². The summed E-state index contributed by atoms with van der Waals surface area (Å²) in [6.07, 6.45) is 4.71. The molecule has 1 atom stereocenters. The van der Waals surface area contributed by atoms with E-state index >= 15 is 0 Å². The van der Waals surface area contributed by atoms with Crippen molar-refractivity contribution in [1.29, 1.82) is 0 Å². The lowest BCUT2D eigenvalue weighted by molar-refractivity contribution is -0.153. The van der Waals surface area contributed by atoms with Crippen molar-refractivity contribution >= 4 is 18.3 Å². The Kier molecular flexibility index (Phi) is 16.9. The van der Waals surface area contributed by atoms with Gasteiger partial charge in [-0.25, -0.2) is 4.79 Å². The summed E-state index contributed by atoms with van der Waals surface area (Å²) >= 11 is 0. The zero-order valence-electron chi connectivity index (χ0n) is 18.6. The third-order valence-corrected chi connectivity index (χ3v) is 3.80. The van der Waals surface area contributed by atoms with Crippen LogP contribution in [-0.4, -0.2) is 75.0 Å². The van der Waals surface area contributed by atoms with E-state index in [1.165, 1.54) is 51.4 Å². The molecule has 160 valence electrons. The Bertz CT molecular complexity index is 405. The Hall–Kier alpha value is -1.63. The molecular weight excluding hydrogens is 346 g/mol. The van der Waals surface area contributed by atoms with Gasteiger partial charge in [0.15, 0.2) is 0 Å². The van der Waals surface area contributed by atoms with E-state index in [9.17, 15) is 14.4 Å². The number of piperidine rings is 1. The fourth-order valence-corrected chi connectivity index (χ4v) is 2.46. The maximum absolute atomic E-state index is 11.6. The summed E-state index contributed by atoms with van der Waals surface area (Å²) in [5.41, 5.74) is 0. The second kappa shape index (κ2) is 16.5. The summed E-state index contributed by atoms with van der Waals surface area (Å²) in [7, 11) is 4.98.